The van der Waals surface area contributed by atoms with Crippen molar-refractivity contribution in [3.63, 3.8) is 0 Å². The summed E-state index contributed by atoms with van der Waals surface area (Å²) in [4.78, 5) is 19.7. The SMILES string of the molecule is c1ccc(-c2nc(-c3ccccc3)nc(-c3cccc4c3ccc3nc(-c5ccccc5)sc34)n2)cc1. The van der Waals surface area contributed by atoms with E-state index in [-0.39, 0.29) is 0 Å². The molecule has 5 heteroatoms. The standard InChI is InChI=1S/C32H20N4S/c1-4-11-21(12-5-1)29-34-30(22-13-6-2-7-14-22)36-31(35-29)26-18-10-17-25-24(26)19-20-27-28(25)37-32(33-27)23-15-8-3-9-16-23/h1-20H. The van der Waals surface area contributed by atoms with Gasteiger partial charge in [-0.25, -0.2) is 19.9 Å². The molecule has 0 amide bonds. The Kier molecular flexibility index (Phi) is 5.26. The molecular formula is C32H20N4S. The van der Waals surface area contributed by atoms with E-state index < -0.39 is 0 Å². The summed E-state index contributed by atoms with van der Waals surface area (Å²) in [5.41, 5.74) is 5.03. The summed E-state index contributed by atoms with van der Waals surface area (Å²) in [7, 11) is 0. The Labute approximate surface area is 218 Å². The van der Waals surface area contributed by atoms with Gasteiger partial charge in [-0.2, -0.15) is 0 Å². The van der Waals surface area contributed by atoms with Crippen LogP contribution in [-0.2, 0) is 0 Å². The zero-order valence-electron chi connectivity index (χ0n) is 19.7. The Bertz CT molecular complexity index is 1810. The van der Waals surface area contributed by atoms with Gasteiger partial charge in [-0.05, 0) is 11.5 Å². The molecule has 2 aromatic heterocycles. The first-order chi connectivity index (χ1) is 18.3. The lowest BCUT2D eigenvalue weighted by Gasteiger charge is -2.10. The maximum Gasteiger partial charge on any atom is 0.164 e. The molecule has 0 unspecified atom stereocenters. The molecule has 0 fully saturated rings. The fourth-order valence-corrected chi connectivity index (χ4v) is 5.67. The van der Waals surface area contributed by atoms with Crippen molar-refractivity contribution < 1.29 is 0 Å². The van der Waals surface area contributed by atoms with Crippen molar-refractivity contribution in [1.29, 1.82) is 0 Å². The minimum atomic E-state index is 0.658. The second-order valence-corrected chi connectivity index (χ2v) is 9.74. The van der Waals surface area contributed by atoms with E-state index in [2.05, 4.69) is 42.5 Å². The molecule has 2 heterocycles. The van der Waals surface area contributed by atoms with Crippen LogP contribution in [0.5, 0.6) is 0 Å². The number of hydrogen-bond acceptors (Lipinski definition) is 5. The molecule has 0 spiro atoms. The van der Waals surface area contributed by atoms with Crippen LogP contribution >= 0.6 is 11.3 Å². The van der Waals surface area contributed by atoms with Crippen molar-refractivity contribution in [3.05, 3.63) is 121 Å². The lowest BCUT2D eigenvalue weighted by Crippen LogP contribution is -2.00. The van der Waals surface area contributed by atoms with Crippen LogP contribution in [0.3, 0.4) is 0 Å². The van der Waals surface area contributed by atoms with E-state index in [0.29, 0.717) is 17.5 Å². The van der Waals surface area contributed by atoms with Gasteiger partial charge in [-0.3, -0.25) is 0 Å². The lowest BCUT2D eigenvalue weighted by atomic mass is 10.0. The smallest absolute Gasteiger partial charge is 0.164 e. The number of fused-ring (bicyclic) bond motifs is 3. The maximum absolute atomic E-state index is 4.95. The van der Waals surface area contributed by atoms with Crippen LogP contribution in [0.4, 0.5) is 0 Å². The monoisotopic (exact) mass is 492 g/mol. The normalized spacial score (nSPS) is 11.2. The Morgan fingerprint density at radius 2 is 0.973 bits per heavy atom. The quantitative estimate of drug-likeness (QED) is 0.248. The molecular weight excluding hydrogens is 472 g/mol. The molecule has 4 nitrogen and oxygen atoms in total. The van der Waals surface area contributed by atoms with Gasteiger partial charge in [-0.1, -0.05) is 115 Å². The van der Waals surface area contributed by atoms with Crippen LogP contribution in [0.25, 0.3) is 65.7 Å². The topological polar surface area (TPSA) is 51.6 Å². The van der Waals surface area contributed by atoms with Gasteiger partial charge in [-0.15, -0.1) is 11.3 Å². The minimum absolute atomic E-state index is 0.658. The van der Waals surface area contributed by atoms with Crippen LogP contribution in [0, 0.1) is 0 Å². The molecule has 7 rings (SSSR count). The van der Waals surface area contributed by atoms with Crippen molar-refractivity contribution >= 4 is 32.3 Å². The Morgan fingerprint density at radius 3 is 1.59 bits per heavy atom. The molecule has 5 aromatic carbocycles. The Balaban J connectivity index is 1.44. The zero-order chi connectivity index (χ0) is 24.6. The van der Waals surface area contributed by atoms with Gasteiger partial charge >= 0.3 is 0 Å². The van der Waals surface area contributed by atoms with E-state index in [9.17, 15) is 0 Å². The molecule has 37 heavy (non-hydrogen) atoms. The van der Waals surface area contributed by atoms with Gasteiger partial charge in [0.1, 0.15) is 5.01 Å². The number of thiazole rings is 1. The Hall–Kier alpha value is -4.74. The highest BCUT2D eigenvalue weighted by Gasteiger charge is 2.16. The summed E-state index contributed by atoms with van der Waals surface area (Å²) in [5.74, 6) is 1.98. The Morgan fingerprint density at radius 1 is 0.405 bits per heavy atom. The molecule has 7 aromatic rings. The average molecular weight is 493 g/mol. The van der Waals surface area contributed by atoms with E-state index in [1.54, 1.807) is 11.3 Å². The fraction of sp³-hybridized carbons (Fsp3) is 0. The highest BCUT2D eigenvalue weighted by Crippen LogP contribution is 2.38. The zero-order valence-corrected chi connectivity index (χ0v) is 20.6. The summed E-state index contributed by atoms with van der Waals surface area (Å²) in [5, 5.41) is 3.27. The third kappa shape index (κ3) is 3.96. The lowest BCUT2D eigenvalue weighted by molar-refractivity contribution is 1.08. The van der Waals surface area contributed by atoms with E-state index in [0.717, 1.165) is 43.6 Å². The maximum atomic E-state index is 4.95. The van der Waals surface area contributed by atoms with Crippen molar-refractivity contribution in [2.75, 3.05) is 0 Å². The second kappa shape index (κ2) is 9.04. The van der Waals surface area contributed by atoms with Crippen LogP contribution in [0.1, 0.15) is 0 Å². The summed E-state index contributed by atoms with van der Waals surface area (Å²) in [6.07, 6.45) is 0. The third-order valence-corrected chi connectivity index (χ3v) is 7.53. The van der Waals surface area contributed by atoms with Gasteiger partial charge in [0.15, 0.2) is 17.5 Å². The minimum Gasteiger partial charge on any atom is -0.236 e. The van der Waals surface area contributed by atoms with Crippen molar-refractivity contribution in [1.82, 2.24) is 19.9 Å². The van der Waals surface area contributed by atoms with E-state index >= 15 is 0 Å². The van der Waals surface area contributed by atoms with Crippen LogP contribution < -0.4 is 0 Å². The third-order valence-electron chi connectivity index (χ3n) is 6.37. The first-order valence-corrected chi connectivity index (χ1v) is 12.9. The number of benzene rings is 5. The predicted molar refractivity (Wildman–Crippen MR) is 152 cm³/mol. The van der Waals surface area contributed by atoms with Crippen molar-refractivity contribution in [2.45, 2.75) is 0 Å². The van der Waals surface area contributed by atoms with Gasteiger partial charge in [0.05, 0.1) is 10.2 Å². The summed E-state index contributed by atoms with van der Waals surface area (Å²) in [6.45, 7) is 0. The molecule has 0 saturated heterocycles. The number of nitrogens with zero attached hydrogens (tertiary/aromatic N) is 4. The van der Waals surface area contributed by atoms with E-state index in [1.807, 2.05) is 78.9 Å². The molecule has 0 aliphatic carbocycles. The average Bonchev–Trinajstić information content (AvgIpc) is 3.43. The predicted octanol–water partition coefficient (Wildman–Crippen LogP) is 8.30. The number of rotatable bonds is 4. The van der Waals surface area contributed by atoms with E-state index in [1.165, 1.54) is 4.70 Å². The number of hydrogen-bond donors (Lipinski definition) is 0. The van der Waals surface area contributed by atoms with Gasteiger partial charge in [0, 0.05) is 27.6 Å². The highest BCUT2D eigenvalue weighted by molar-refractivity contribution is 7.22. The summed E-state index contributed by atoms with van der Waals surface area (Å²) in [6, 6.07) is 41.0. The van der Waals surface area contributed by atoms with Gasteiger partial charge in [0.2, 0.25) is 0 Å². The largest absolute Gasteiger partial charge is 0.236 e. The van der Waals surface area contributed by atoms with E-state index in [4.69, 9.17) is 19.9 Å². The summed E-state index contributed by atoms with van der Waals surface area (Å²) >= 11 is 1.72. The molecule has 174 valence electrons. The fourth-order valence-electron chi connectivity index (χ4n) is 4.57. The first-order valence-electron chi connectivity index (χ1n) is 12.1. The van der Waals surface area contributed by atoms with Crippen LogP contribution in [0.15, 0.2) is 121 Å². The molecule has 0 aliphatic heterocycles. The van der Waals surface area contributed by atoms with Crippen molar-refractivity contribution in [3.8, 4) is 44.7 Å². The van der Waals surface area contributed by atoms with Crippen LogP contribution in [0.2, 0.25) is 0 Å². The van der Waals surface area contributed by atoms with Crippen molar-refractivity contribution in [2.24, 2.45) is 0 Å². The molecule has 0 saturated carbocycles. The molecule has 0 radical (unpaired) electrons. The van der Waals surface area contributed by atoms with Gasteiger partial charge < -0.3 is 0 Å². The molecule has 0 bridgehead atoms. The first kappa shape index (κ1) is 21.5. The van der Waals surface area contributed by atoms with Gasteiger partial charge in [0.25, 0.3) is 0 Å². The molecule has 0 N–H and O–H groups in total. The molecule has 0 atom stereocenters. The second-order valence-electron chi connectivity index (χ2n) is 8.74. The summed E-state index contributed by atoms with van der Waals surface area (Å²) < 4.78 is 1.17. The highest BCUT2D eigenvalue weighted by atomic mass is 32.1. The van der Waals surface area contributed by atoms with Crippen LogP contribution in [-0.4, -0.2) is 19.9 Å². The number of aromatic nitrogens is 4. The molecule has 0 aliphatic rings.